The Kier molecular flexibility index (Phi) is 6.33. The predicted octanol–water partition coefficient (Wildman–Crippen LogP) is 4.78. The van der Waals surface area contributed by atoms with Crippen molar-refractivity contribution < 1.29 is 14.0 Å². The Morgan fingerprint density at radius 3 is 2.66 bits per heavy atom. The van der Waals surface area contributed by atoms with E-state index in [1.807, 2.05) is 26.8 Å². The number of aryl methyl sites for hydroxylation is 1. The molecule has 0 fully saturated rings. The Morgan fingerprint density at radius 1 is 1.17 bits per heavy atom. The third-order valence-corrected chi connectivity index (χ3v) is 6.25. The summed E-state index contributed by atoms with van der Waals surface area (Å²) in [5.74, 6) is 0.185. The summed E-state index contributed by atoms with van der Waals surface area (Å²) < 4.78 is 14.0. The molecule has 0 aliphatic rings. The zero-order chi connectivity index (χ0) is 21.2. The van der Waals surface area contributed by atoms with Crippen molar-refractivity contribution in [2.24, 2.45) is 5.41 Å². The average molecular weight is 432 g/mol. The molecule has 1 N–H and O–H groups in total. The highest BCUT2D eigenvalue weighted by Gasteiger charge is 2.21. The van der Waals surface area contributed by atoms with E-state index in [4.69, 9.17) is 0 Å². The van der Waals surface area contributed by atoms with Gasteiger partial charge in [0.1, 0.15) is 22.2 Å². The fourth-order valence-electron chi connectivity index (χ4n) is 2.57. The minimum absolute atomic E-state index is 0.0331. The maximum Gasteiger partial charge on any atom is 0.225 e. The minimum atomic E-state index is -0.454. The lowest BCUT2D eigenvalue weighted by atomic mass is 9.96. The number of para-hydroxylation sites is 1. The van der Waals surface area contributed by atoms with Crippen LogP contribution in [0.3, 0.4) is 0 Å². The highest BCUT2D eigenvalue weighted by molar-refractivity contribution is 8.00. The Morgan fingerprint density at radius 2 is 1.93 bits per heavy atom. The van der Waals surface area contributed by atoms with Gasteiger partial charge in [-0.1, -0.05) is 38.6 Å². The van der Waals surface area contributed by atoms with Gasteiger partial charge in [-0.05, 0) is 31.2 Å². The quantitative estimate of drug-likeness (QED) is 0.346. The van der Waals surface area contributed by atoms with Crippen molar-refractivity contribution in [1.82, 2.24) is 15.3 Å². The molecule has 1 aromatic carbocycles. The van der Waals surface area contributed by atoms with Crippen molar-refractivity contribution in [2.75, 3.05) is 5.75 Å². The molecule has 29 heavy (non-hydrogen) atoms. The van der Waals surface area contributed by atoms with Gasteiger partial charge in [-0.3, -0.25) is 9.59 Å². The Bertz CT molecular complexity index is 1070. The second-order valence-electron chi connectivity index (χ2n) is 7.62. The van der Waals surface area contributed by atoms with Gasteiger partial charge in [0, 0.05) is 15.7 Å². The van der Waals surface area contributed by atoms with Crippen molar-refractivity contribution in [3.63, 3.8) is 0 Å². The summed E-state index contributed by atoms with van der Waals surface area (Å²) in [6, 6.07) is 8.35. The molecule has 5 nitrogen and oxygen atoms in total. The number of amides is 1. The van der Waals surface area contributed by atoms with Gasteiger partial charge in [0.2, 0.25) is 5.91 Å². The standard InChI is InChI=1S/C21H22FN3O2S2/c1-12-24-18-14(6-5-7-15(18)22)19(25-12)28-11-16(26)17-9-8-13(29-17)10-23-20(27)21(2,3)4/h5-9H,10-11H2,1-4H3,(H,23,27). The van der Waals surface area contributed by atoms with Crippen molar-refractivity contribution in [2.45, 2.75) is 39.3 Å². The van der Waals surface area contributed by atoms with Gasteiger partial charge in [0.15, 0.2) is 5.78 Å². The predicted molar refractivity (Wildman–Crippen MR) is 115 cm³/mol. The first-order valence-electron chi connectivity index (χ1n) is 9.11. The highest BCUT2D eigenvalue weighted by Crippen LogP contribution is 2.28. The van der Waals surface area contributed by atoms with E-state index in [2.05, 4.69) is 15.3 Å². The topological polar surface area (TPSA) is 72.0 Å². The van der Waals surface area contributed by atoms with E-state index in [0.717, 1.165) is 4.88 Å². The monoisotopic (exact) mass is 431 g/mol. The smallest absolute Gasteiger partial charge is 0.225 e. The van der Waals surface area contributed by atoms with Crippen LogP contribution in [0.1, 0.15) is 41.1 Å². The summed E-state index contributed by atoms with van der Waals surface area (Å²) in [4.78, 5) is 34.7. The number of nitrogens with one attached hydrogen (secondary N) is 1. The number of fused-ring (bicyclic) bond motifs is 1. The zero-order valence-corrected chi connectivity index (χ0v) is 18.3. The first-order valence-corrected chi connectivity index (χ1v) is 10.9. The molecule has 3 aromatic rings. The second-order valence-corrected chi connectivity index (χ2v) is 9.75. The normalized spacial score (nSPS) is 11.6. The molecule has 2 aromatic heterocycles. The molecular formula is C21H22FN3O2S2. The summed E-state index contributed by atoms with van der Waals surface area (Å²) in [7, 11) is 0. The molecule has 8 heteroatoms. The minimum Gasteiger partial charge on any atom is -0.351 e. The van der Waals surface area contributed by atoms with E-state index < -0.39 is 11.2 Å². The molecule has 1 amide bonds. The summed E-state index contributed by atoms with van der Waals surface area (Å²) in [6.07, 6.45) is 0. The van der Waals surface area contributed by atoms with Crippen LogP contribution >= 0.6 is 23.1 Å². The third-order valence-electron chi connectivity index (χ3n) is 4.13. The molecule has 0 spiro atoms. The van der Waals surface area contributed by atoms with Crippen LogP contribution in [0.5, 0.6) is 0 Å². The number of halogens is 1. The van der Waals surface area contributed by atoms with Crippen molar-refractivity contribution in [3.05, 3.63) is 51.7 Å². The zero-order valence-electron chi connectivity index (χ0n) is 16.7. The van der Waals surface area contributed by atoms with E-state index in [1.54, 1.807) is 25.1 Å². The van der Waals surface area contributed by atoms with Gasteiger partial charge < -0.3 is 5.32 Å². The SMILES string of the molecule is Cc1nc(SCC(=O)c2ccc(CNC(=O)C(C)(C)C)s2)c2cccc(F)c2n1. The molecule has 0 aliphatic carbocycles. The van der Waals surface area contributed by atoms with Crippen molar-refractivity contribution >= 4 is 45.7 Å². The first kappa shape index (κ1) is 21.4. The lowest BCUT2D eigenvalue weighted by Gasteiger charge is -2.17. The maximum atomic E-state index is 14.0. The number of rotatable bonds is 6. The number of benzene rings is 1. The van der Waals surface area contributed by atoms with E-state index in [-0.39, 0.29) is 23.0 Å². The molecule has 0 bridgehead atoms. The lowest BCUT2D eigenvalue weighted by Crippen LogP contribution is -2.34. The summed E-state index contributed by atoms with van der Waals surface area (Å²) in [5, 5.41) is 4.08. The average Bonchev–Trinajstić information content (AvgIpc) is 3.13. The molecule has 0 atom stereocenters. The van der Waals surface area contributed by atoms with Gasteiger partial charge in [0.05, 0.1) is 17.2 Å². The number of Topliss-reactive ketones (excluding diaryl/α,β-unsaturated/α-hetero) is 1. The molecule has 0 aliphatic heterocycles. The number of hydrogen-bond donors (Lipinski definition) is 1. The van der Waals surface area contributed by atoms with Crippen molar-refractivity contribution in [3.8, 4) is 0 Å². The van der Waals surface area contributed by atoms with Crippen LogP contribution < -0.4 is 5.32 Å². The maximum absolute atomic E-state index is 14.0. The molecule has 0 radical (unpaired) electrons. The number of thioether (sulfide) groups is 1. The number of aromatic nitrogens is 2. The highest BCUT2D eigenvalue weighted by atomic mass is 32.2. The van der Waals surface area contributed by atoms with Crippen LogP contribution in [0, 0.1) is 18.2 Å². The summed E-state index contributed by atoms with van der Waals surface area (Å²) in [5.41, 5.74) is -0.187. The van der Waals surface area contributed by atoms with Crippen LogP contribution in [-0.4, -0.2) is 27.4 Å². The van der Waals surface area contributed by atoms with Crippen LogP contribution in [-0.2, 0) is 11.3 Å². The summed E-state index contributed by atoms with van der Waals surface area (Å²) >= 11 is 2.64. The molecule has 3 rings (SSSR count). The van der Waals surface area contributed by atoms with E-state index in [9.17, 15) is 14.0 Å². The second kappa shape index (κ2) is 8.59. The molecule has 0 saturated carbocycles. The van der Waals surface area contributed by atoms with Gasteiger partial charge in [-0.2, -0.15) is 0 Å². The van der Waals surface area contributed by atoms with Crippen LogP contribution in [0.15, 0.2) is 35.4 Å². The van der Waals surface area contributed by atoms with Crippen LogP contribution in [0.4, 0.5) is 4.39 Å². The fraction of sp³-hybridized carbons (Fsp3) is 0.333. The number of carbonyl (C=O) groups is 2. The fourth-order valence-corrected chi connectivity index (χ4v) is 4.48. The van der Waals surface area contributed by atoms with Gasteiger partial charge >= 0.3 is 0 Å². The Labute approximate surface area is 177 Å². The first-order chi connectivity index (χ1) is 13.6. The number of hydrogen-bond acceptors (Lipinski definition) is 6. The molecule has 2 heterocycles. The van der Waals surface area contributed by atoms with Gasteiger partial charge in [-0.15, -0.1) is 11.3 Å². The molecule has 0 unspecified atom stereocenters. The number of carbonyl (C=O) groups excluding carboxylic acids is 2. The Hall–Kier alpha value is -2.32. The van der Waals surface area contributed by atoms with Crippen LogP contribution in [0.25, 0.3) is 10.9 Å². The lowest BCUT2D eigenvalue weighted by molar-refractivity contribution is -0.128. The van der Waals surface area contributed by atoms with E-state index >= 15 is 0 Å². The van der Waals surface area contributed by atoms with Gasteiger partial charge in [-0.25, -0.2) is 14.4 Å². The Balaban J connectivity index is 1.66. The van der Waals surface area contributed by atoms with E-state index in [0.29, 0.717) is 27.7 Å². The third kappa shape index (κ3) is 5.19. The molecule has 0 saturated heterocycles. The van der Waals surface area contributed by atoms with Crippen LogP contribution in [0.2, 0.25) is 0 Å². The summed E-state index contributed by atoms with van der Waals surface area (Å²) in [6.45, 7) is 7.67. The van der Waals surface area contributed by atoms with Crippen molar-refractivity contribution in [1.29, 1.82) is 0 Å². The molecule has 152 valence electrons. The number of nitrogens with zero attached hydrogens (tertiary/aromatic N) is 2. The molecular weight excluding hydrogens is 409 g/mol. The van der Waals surface area contributed by atoms with Gasteiger partial charge in [0.25, 0.3) is 0 Å². The number of ketones is 1. The van der Waals surface area contributed by atoms with E-state index in [1.165, 1.54) is 29.2 Å². The number of thiophene rings is 1. The largest absolute Gasteiger partial charge is 0.351 e.